The molecule has 12 rings (SSSR count). The van der Waals surface area contributed by atoms with Crippen molar-refractivity contribution < 1.29 is 37.8 Å². The van der Waals surface area contributed by atoms with Crippen LogP contribution >= 0.6 is 0 Å². The summed E-state index contributed by atoms with van der Waals surface area (Å²) in [7, 11) is -4.67. The predicted octanol–water partition coefficient (Wildman–Crippen LogP) is 10.4. The minimum absolute atomic E-state index is 0.0675. The van der Waals surface area contributed by atoms with Gasteiger partial charge in [0, 0.05) is 42.1 Å². The maximum Gasteiger partial charge on any atom is 0.268 e. The number of rotatable bonds is 10. The largest absolute Gasteiger partial charge is 0.508 e. The van der Waals surface area contributed by atoms with E-state index in [0.717, 1.165) is 65.5 Å². The highest BCUT2D eigenvalue weighted by Gasteiger charge is 2.51. The van der Waals surface area contributed by atoms with Gasteiger partial charge in [0.2, 0.25) is 5.72 Å². The van der Waals surface area contributed by atoms with Gasteiger partial charge in [0.25, 0.3) is 10.1 Å². The van der Waals surface area contributed by atoms with Crippen LogP contribution in [0.15, 0.2) is 108 Å². The molecule has 10 bridgehead atoms. The Labute approximate surface area is 432 Å². The molecule has 12 heteroatoms. The standard InChI is InChI=1S/C61H75N3O8S/c1-37(2)25-40-12-8-24-60(67,34-40)48(26-39-9-5-4-6-10-39)35-61(64-59(62)63)47-18-16-42(17-19-47)57-45-28-46(58-53-22-20-49(66)29-43(53)13-7-11-41(36-65)27-51(31-45)71-58)32-55(57)56(73(68,69)70)33-54-38(3)14-15-44-30-50(72-61)21-23-52(44)54/h4-6,9-10,16-23,29-30,32,37-38,40-41,45,48,51,54-58,65-67H,8,11-12,14-15,24-28,31,33-36H2,1-3H3,(H4,62,63,64)(H,68,69,70). The number of fused-ring (bicyclic) bond motifs is 8. The molecule has 73 heavy (non-hydrogen) atoms. The van der Waals surface area contributed by atoms with Gasteiger partial charge < -0.3 is 36.3 Å². The van der Waals surface area contributed by atoms with Gasteiger partial charge in [0.15, 0.2) is 5.96 Å². The van der Waals surface area contributed by atoms with E-state index in [2.05, 4.69) is 75.1 Å². The van der Waals surface area contributed by atoms with Gasteiger partial charge >= 0.3 is 0 Å². The fraction of sp³-hybridized carbons (Fsp3) is 0.525. The Morgan fingerprint density at radius 1 is 0.945 bits per heavy atom. The van der Waals surface area contributed by atoms with Gasteiger partial charge in [0.05, 0.1) is 17.0 Å². The molecule has 3 aliphatic carbocycles. The zero-order valence-corrected chi connectivity index (χ0v) is 43.5. The topological polar surface area (TPSA) is 198 Å². The molecule has 0 amide bonds. The summed E-state index contributed by atoms with van der Waals surface area (Å²) >= 11 is 0. The van der Waals surface area contributed by atoms with E-state index in [4.69, 9.17) is 25.9 Å². The summed E-state index contributed by atoms with van der Waals surface area (Å²) in [4.78, 5) is 5.13. The molecule has 1 saturated carbocycles. The molecule has 0 spiro atoms. The number of nitrogens with two attached hydrogens (primary N) is 2. The Morgan fingerprint density at radius 2 is 1.73 bits per heavy atom. The lowest BCUT2D eigenvalue weighted by atomic mass is 9.64. The molecule has 13 unspecified atom stereocenters. The van der Waals surface area contributed by atoms with Crippen LogP contribution in [0, 0.1) is 53.3 Å². The fourth-order valence-corrected chi connectivity index (χ4v) is 15.6. The zero-order valence-electron chi connectivity index (χ0n) is 42.7. The van der Waals surface area contributed by atoms with Crippen molar-refractivity contribution in [2.45, 2.75) is 151 Å². The van der Waals surface area contributed by atoms with Crippen molar-refractivity contribution >= 4 is 16.1 Å². The smallest absolute Gasteiger partial charge is 0.268 e. The van der Waals surface area contributed by atoms with Gasteiger partial charge in [-0.05, 0) is 164 Å². The highest BCUT2D eigenvalue weighted by molar-refractivity contribution is 7.86. The second-order valence-corrected chi connectivity index (χ2v) is 25.0. The molecule has 4 aromatic rings. The van der Waals surface area contributed by atoms with E-state index >= 15 is 0 Å². The fourth-order valence-electron chi connectivity index (χ4n) is 14.5. The highest BCUT2D eigenvalue weighted by atomic mass is 32.2. The summed E-state index contributed by atoms with van der Waals surface area (Å²) in [5.41, 5.74) is 17.7. The molecule has 0 radical (unpaired) electrons. The maximum atomic E-state index is 14.4. The van der Waals surface area contributed by atoms with Gasteiger partial charge in [-0.3, -0.25) is 4.55 Å². The summed E-state index contributed by atoms with van der Waals surface area (Å²) in [6, 6.07) is 29.7. The first-order valence-electron chi connectivity index (χ1n) is 27.0. The van der Waals surface area contributed by atoms with Crippen LogP contribution in [0.2, 0.25) is 0 Å². The monoisotopic (exact) mass is 1010 g/mol. The average Bonchev–Trinajstić information content (AvgIpc) is 3.47. The second kappa shape index (κ2) is 20.9. The molecule has 1 saturated heterocycles. The third-order valence-corrected chi connectivity index (χ3v) is 19.1. The van der Waals surface area contributed by atoms with Crippen molar-refractivity contribution in [3.8, 4) is 23.3 Å². The summed E-state index contributed by atoms with van der Waals surface area (Å²) in [5, 5.41) is 33.3. The van der Waals surface area contributed by atoms with Crippen molar-refractivity contribution in [1.82, 2.24) is 0 Å². The Hall–Kier alpha value is -5.16. The van der Waals surface area contributed by atoms with Gasteiger partial charge in [-0.1, -0.05) is 118 Å². The number of aromatic hydroxyl groups is 1. The molecule has 8 N–H and O–H groups in total. The molecule has 11 nitrogen and oxygen atoms in total. The van der Waals surface area contributed by atoms with Crippen LogP contribution < -0.4 is 16.2 Å². The first-order valence-corrected chi connectivity index (χ1v) is 28.5. The molecule has 4 aromatic carbocycles. The van der Waals surface area contributed by atoms with E-state index in [9.17, 15) is 28.3 Å². The minimum atomic E-state index is -4.67. The quantitative estimate of drug-likeness (QED) is 0.0292. The number of aliphatic hydroxyl groups is 2. The van der Waals surface area contributed by atoms with Crippen LogP contribution in [0.4, 0.5) is 0 Å². The number of phenols is 1. The first kappa shape index (κ1) is 51.3. The number of aryl methyl sites for hydroxylation is 1. The van der Waals surface area contributed by atoms with Gasteiger partial charge in [-0.15, -0.1) is 0 Å². The third-order valence-electron chi connectivity index (χ3n) is 17.8. The lowest BCUT2D eigenvalue weighted by Crippen LogP contribution is -2.48. The van der Waals surface area contributed by atoms with E-state index in [1.165, 1.54) is 0 Å². The van der Waals surface area contributed by atoms with Crippen LogP contribution in [0.3, 0.4) is 0 Å². The number of benzene rings is 4. The van der Waals surface area contributed by atoms with Crippen molar-refractivity contribution in [1.29, 1.82) is 0 Å². The molecule has 5 heterocycles. The number of aliphatic hydroxyl groups excluding tert-OH is 1. The van der Waals surface area contributed by atoms with Crippen LogP contribution in [0.25, 0.3) is 0 Å². The Morgan fingerprint density at radius 3 is 2.47 bits per heavy atom. The SMILES string of the molecule is CC(C)CC1CCCC(O)(C(Cc2ccccc2)CC2(N=C(N)N)Oc3ccc4c(c3)CCC(C)C4CC(S(=O)(=O)O)C3C=C4CC(CC5CC(CO)CC#Cc6cc(O)ccc6C4O5)C3c3ccc2cc3)C1. The molecule has 0 aromatic heterocycles. The number of hydrogen-bond acceptors (Lipinski definition) is 8. The number of nitrogens with zero attached hydrogens (tertiary/aromatic N) is 1. The van der Waals surface area contributed by atoms with Crippen LogP contribution in [-0.4, -0.2) is 57.8 Å². The number of aliphatic imine (C=N–C) groups is 1. The predicted molar refractivity (Wildman–Crippen MR) is 285 cm³/mol. The minimum Gasteiger partial charge on any atom is -0.508 e. The summed E-state index contributed by atoms with van der Waals surface area (Å²) in [6.45, 7) is 6.62. The number of allylic oxidation sites excluding steroid dienone is 1. The van der Waals surface area contributed by atoms with E-state index in [1.807, 2.05) is 42.5 Å². The maximum absolute atomic E-state index is 14.4. The summed E-state index contributed by atoms with van der Waals surface area (Å²) in [6.07, 6.45) is 10.3. The number of guanidine groups is 1. The van der Waals surface area contributed by atoms with E-state index in [-0.39, 0.29) is 72.8 Å². The van der Waals surface area contributed by atoms with Crippen LogP contribution in [0.5, 0.6) is 11.5 Å². The number of ether oxygens (including phenoxy) is 2. The molecule has 5 aliphatic heterocycles. The summed E-state index contributed by atoms with van der Waals surface area (Å²) in [5.74, 6) is 6.18. The Balaban J connectivity index is 1.17. The van der Waals surface area contributed by atoms with Gasteiger partial charge in [-0.2, -0.15) is 8.42 Å². The van der Waals surface area contributed by atoms with Crippen molar-refractivity contribution in [2.75, 3.05) is 6.61 Å². The molecular weight excluding hydrogens is 935 g/mol. The average molecular weight is 1010 g/mol. The Kier molecular flexibility index (Phi) is 14.7. The molecule has 8 aliphatic rings. The van der Waals surface area contributed by atoms with Crippen molar-refractivity contribution in [3.05, 3.63) is 142 Å². The normalized spacial score (nSPS) is 32.2. The Bertz CT molecular complexity index is 2870. The van der Waals surface area contributed by atoms with Crippen LogP contribution in [-0.2, 0) is 33.4 Å². The second-order valence-electron chi connectivity index (χ2n) is 23.3. The number of phenolic OH excluding ortho intramolecular Hbond substituents is 1. The van der Waals surface area contributed by atoms with E-state index in [0.29, 0.717) is 73.7 Å². The first-order chi connectivity index (χ1) is 35.0. The molecule has 2 fully saturated rings. The molecular formula is C61H75N3O8S. The van der Waals surface area contributed by atoms with E-state index < -0.39 is 38.7 Å². The lowest BCUT2D eigenvalue weighted by Gasteiger charge is -2.46. The highest BCUT2D eigenvalue weighted by Crippen LogP contribution is 2.56. The van der Waals surface area contributed by atoms with Crippen molar-refractivity contribution in [3.63, 3.8) is 0 Å². The van der Waals surface area contributed by atoms with E-state index in [1.54, 1.807) is 12.1 Å². The molecule has 13 atom stereocenters. The molecule has 388 valence electrons. The zero-order chi connectivity index (χ0) is 51.2. The lowest BCUT2D eigenvalue weighted by molar-refractivity contribution is -0.0925. The van der Waals surface area contributed by atoms with Gasteiger partial charge in [-0.25, -0.2) is 4.99 Å². The van der Waals surface area contributed by atoms with Crippen LogP contribution in [0.1, 0.15) is 155 Å². The van der Waals surface area contributed by atoms with Crippen molar-refractivity contribution in [2.24, 2.45) is 57.9 Å². The number of hydrogen-bond donors (Lipinski definition) is 6. The summed E-state index contributed by atoms with van der Waals surface area (Å²) < 4.78 is 55.0. The third kappa shape index (κ3) is 10.9. The van der Waals surface area contributed by atoms with Gasteiger partial charge in [0.1, 0.15) is 17.6 Å².